The van der Waals surface area contributed by atoms with Crippen molar-refractivity contribution in [2.75, 3.05) is 5.73 Å². The number of nitrogens with zero attached hydrogens (tertiary/aromatic N) is 2. The molecule has 2 heterocycles. The first-order valence-corrected chi connectivity index (χ1v) is 5.95. The highest BCUT2D eigenvalue weighted by molar-refractivity contribution is 6.00. The second-order valence-electron chi connectivity index (χ2n) is 4.47. The first-order valence-electron chi connectivity index (χ1n) is 5.95. The van der Waals surface area contributed by atoms with E-state index in [1.165, 1.54) is 22.2 Å². The van der Waals surface area contributed by atoms with Gasteiger partial charge in [0, 0.05) is 41.0 Å². The van der Waals surface area contributed by atoms with E-state index in [2.05, 4.69) is 47.8 Å². The number of hydrogen-bond donors (Lipinski definition) is 1. The molecule has 0 amide bonds. The molecule has 3 heteroatoms. The van der Waals surface area contributed by atoms with Crippen LogP contribution in [0.15, 0.2) is 42.6 Å². The molecule has 2 N–H and O–H groups in total. The number of fused-ring (bicyclic) bond motifs is 1. The van der Waals surface area contributed by atoms with E-state index >= 15 is 0 Å². The minimum Gasteiger partial charge on any atom is -0.383 e. The molecule has 3 rings (SSSR count). The highest BCUT2D eigenvalue weighted by Crippen LogP contribution is 2.35. The zero-order chi connectivity index (χ0) is 12.7. The molecule has 0 spiro atoms. The summed E-state index contributed by atoms with van der Waals surface area (Å²) in [5, 5.41) is 1.22. The van der Waals surface area contributed by atoms with Gasteiger partial charge in [-0.1, -0.05) is 18.2 Å². The minimum atomic E-state index is 0.581. The molecule has 0 bridgehead atoms. The van der Waals surface area contributed by atoms with Crippen LogP contribution in [0.25, 0.3) is 22.0 Å². The van der Waals surface area contributed by atoms with Crippen molar-refractivity contribution >= 4 is 16.7 Å². The fourth-order valence-corrected chi connectivity index (χ4v) is 2.49. The maximum absolute atomic E-state index is 6.00. The predicted octanol–water partition coefficient (Wildman–Crippen LogP) is 3.13. The third-order valence-electron chi connectivity index (χ3n) is 3.51. The summed E-state index contributed by atoms with van der Waals surface area (Å²) in [6.45, 7) is 2.11. The molecule has 0 atom stereocenters. The average Bonchev–Trinajstić information content (AvgIpc) is 2.64. The number of benzene rings is 1. The third-order valence-corrected chi connectivity index (χ3v) is 3.51. The van der Waals surface area contributed by atoms with Crippen LogP contribution >= 0.6 is 0 Å². The predicted molar refractivity (Wildman–Crippen MR) is 75.3 cm³/mol. The Labute approximate surface area is 106 Å². The third kappa shape index (κ3) is 1.40. The molecule has 0 aliphatic rings. The van der Waals surface area contributed by atoms with Crippen LogP contribution in [0.4, 0.5) is 5.82 Å². The highest BCUT2D eigenvalue weighted by atomic mass is 14.9. The Morgan fingerprint density at radius 2 is 1.89 bits per heavy atom. The van der Waals surface area contributed by atoms with Crippen LogP contribution in [0.2, 0.25) is 0 Å². The summed E-state index contributed by atoms with van der Waals surface area (Å²) in [6, 6.07) is 12.3. The van der Waals surface area contributed by atoms with Crippen molar-refractivity contribution in [1.29, 1.82) is 0 Å². The summed E-state index contributed by atoms with van der Waals surface area (Å²) in [4.78, 5) is 4.18. The van der Waals surface area contributed by atoms with Gasteiger partial charge in [0.2, 0.25) is 0 Å². The van der Waals surface area contributed by atoms with Crippen LogP contribution in [0.5, 0.6) is 0 Å². The van der Waals surface area contributed by atoms with Crippen molar-refractivity contribution in [2.45, 2.75) is 6.92 Å². The SMILES string of the molecule is Cc1c(-c2cccnc2N)c2ccccc2n1C. The standard InChI is InChI=1S/C15H15N3/c1-10-14(12-7-5-9-17-15(12)16)11-6-3-4-8-13(11)18(10)2/h3-9H,1-2H3,(H2,16,17). The topological polar surface area (TPSA) is 43.8 Å². The molecule has 3 aromatic rings. The monoisotopic (exact) mass is 237 g/mol. The van der Waals surface area contributed by atoms with Crippen LogP contribution < -0.4 is 5.73 Å². The second kappa shape index (κ2) is 3.88. The zero-order valence-corrected chi connectivity index (χ0v) is 10.5. The fraction of sp³-hybridized carbons (Fsp3) is 0.133. The van der Waals surface area contributed by atoms with Gasteiger partial charge in [0.15, 0.2) is 0 Å². The molecule has 90 valence electrons. The van der Waals surface area contributed by atoms with Crippen LogP contribution in [0, 0.1) is 6.92 Å². The van der Waals surface area contributed by atoms with Gasteiger partial charge in [-0.05, 0) is 25.1 Å². The molecule has 0 saturated carbocycles. The summed E-state index contributed by atoms with van der Waals surface area (Å²) >= 11 is 0. The number of aryl methyl sites for hydroxylation is 1. The molecular weight excluding hydrogens is 222 g/mol. The lowest BCUT2D eigenvalue weighted by molar-refractivity contribution is 0.919. The van der Waals surface area contributed by atoms with E-state index in [-0.39, 0.29) is 0 Å². The molecule has 0 aliphatic heterocycles. The lowest BCUT2D eigenvalue weighted by Crippen LogP contribution is -1.95. The Morgan fingerprint density at radius 3 is 2.67 bits per heavy atom. The summed E-state index contributed by atoms with van der Waals surface area (Å²) in [5.74, 6) is 0.581. The van der Waals surface area contributed by atoms with Gasteiger partial charge < -0.3 is 10.3 Å². The average molecular weight is 237 g/mol. The number of hydrogen-bond acceptors (Lipinski definition) is 2. The summed E-state index contributed by atoms with van der Waals surface area (Å²) < 4.78 is 2.19. The van der Waals surface area contributed by atoms with Crippen molar-refractivity contribution in [3.05, 3.63) is 48.3 Å². The van der Waals surface area contributed by atoms with Gasteiger partial charge in [0.25, 0.3) is 0 Å². The number of rotatable bonds is 1. The Hall–Kier alpha value is -2.29. The van der Waals surface area contributed by atoms with Crippen LogP contribution in [0.3, 0.4) is 0 Å². The van der Waals surface area contributed by atoms with Crippen molar-refractivity contribution in [3.63, 3.8) is 0 Å². The second-order valence-corrected chi connectivity index (χ2v) is 4.47. The maximum atomic E-state index is 6.00. The van der Waals surface area contributed by atoms with Gasteiger partial charge >= 0.3 is 0 Å². The first-order chi connectivity index (χ1) is 8.70. The molecule has 2 aromatic heterocycles. The smallest absolute Gasteiger partial charge is 0.131 e. The van der Waals surface area contributed by atoms with E-state index in [9.17, 15) is 0 Å². The molecule has 3 nitrogen and oxygen atoms in total. The molecule has 0 aliphatic carbocycles. The fourth-order valence-electron chi connectivity index (χ4n) is 2.49. The Morgan fingerprint density at radius 1 is 1.11 bits per heavy atom. The van der Waals surface area contributed by atoms with E-state index < -0.39 is 0 Å². The largest absolute Gasteiger partial charge is 0.383 e. The molecular formula is C15H15N3. The van der Waals surface area contributed by atoms with Crippen LogP contribution in [0.1, 0.15) is 5.69 Å². The molecule has 1 aromatic carbocycles. The zero-order valence-electron chi connectivity index (χ0n) is 10.5. The number of pyridine rings is 1. The summed E-state index contributed by atoms with van der Waals surface area (Å²) in [6.07, 6.45) is 1.72. The van der Waals surface area contributed by atoms with Crippen molar-refractivity contribution in [3.8, 4) is 11.1 Å². The molecule has 0 saturated heterocycles. The van der Waals surface area contributed by atoms with Gasteiger partial charge in [-0.15, -0.1) is 0 Å². The van der Waals surface area contributed by atoms with E-state index in [0.717, 1.165) is 5.56 Å². The molecule has 0 unspecified atom stereocenters. The maximum Gasteiger partial charge on any atom is 0.131 e. The summed E-state index contributed by atoms with van der Waals surface area (Å²) in [7, 11) is 2.08. The quantitative estimate of drug-likeness (QED) is 0.706. The van der Waals surface area contributed by atoms with E-state index in [1.807, 2.05) is 12.1 Å². The number of aromatic nitrogens is 2. The first kappa shape index (κ1) is 10.8. The van der Waals surface area contributed by atoms with Gasteiger partial charge in [-0.25, -0.2) is 4.98 Å². The lowest BCUT2D eigenvalue weighted by Gasteiger charge is -2.05. The Balaban J connectivity index is 2.43. The van der Waals surface area contributed by atoms with Crippen molar-refractivity contribution in [1.82, 2.24) is 9.55 Å². The van der Waals surface area contributed by atoms with Gasteiger partial charge in [0.1, 0.15) is 5.82 Å². The molecule has 18 heavy (non-hydrogen) atoms. The van der Waals surface area contributed by atoms with E-state index in [0.29, 0.717) is 5.82 Å². The minimum absolute atomic E-state index is 0.581. The number of anilines is 1. The molecule has 0 radical (unpaired) electrons. The molecule has 0 fully saturated rings. The van der Waals surface area contributed by atoms with Gasteiger partial charge in [-0.3, -0.25) is 0 Å². The number of nitrogen functional groups attached to an aromatic ring is 1. The number of nitrogens with two attached hydrogens (primary N) is 1. The van der Waals surface area contributed by atoms with Crippen molar-refractivity contribution < 1.29 is 0 Å². The van der Waals surface area contributed by atoms with Gasteiger partial charge in [0.05, 0.1) is 0 Å². The highest BCUT2D eigenvalue weighted by Gasteiger charge is 2.15. The Kier molecular flexibility index (Phi) is 2.33. The van der Waals surface area contributed by atoms with Crippen molar-refractivity contribution in [2.24, 2.45) is 7.05 Å². The lowest BCUT2D eigenvalue weighted by atomic mass is 10.0. The van der Waals surface area contributed by atoms with E-state index in [1.54, 1.807) is 6.20 Å². The van der Waals surface area contributed by atoms with Crippen LogP contribution in [-0.2, 0) is 7.05 Å². The normalized spacial score (nSPS) is 11.0. The van der Waals surface area contributed by atoms with Crippen LogP contribution in [-0.4, -0.2) is 9.55 Å². The van der Waals surface area contributed by atoms with Gasteiger partial charge in [-0.2, -0.15) is 0 Å². The van der Waals surface area contributed by atoms with E-state index in [4.69, 9.17) is 5.73 Å². The Bertz CT molecular complexity index is 726. The summed E-state index contributed by atoms with van der Waals surface area (Å²) in [5.41, 5.74) is 10.6. The number of para-hydroxylation sites is 1.